The summed E-state index contributed by atoms with van der Waals surface area (Å²) < 4.78 is 9.71. The standard InChI is InChI=1S/C13H17ClO5/c1-18-11-4-3-8(13(17)19-2)7-9(11)12(16)10(15)5-6-14/h3-4,7,10,12,15-16H,5-6H2,1-2H3. The number of benzene rings is 1. The largest absolute Gasteiger partial charge is 0.496 e. The quantitative estimate of drug-likeness (QED) is 0.613. The van der Waals surface area contributed by atoms with Gasteiger partial charge in [0.2, 0.25) is 0 Å². The van der Waals surface area contributed by atoms with Gasteiger partial charge in [0.25, 0.3) is 0 Å². The van der Waals surface area contributed by atoms with Crippen LogP contribution in [-0.4, -0.2) is 42.4 Å². The van der Waals surface area contributed by atoms with Crippen molar-refractivity contribution in [3.63, 3.8) is 0 Å². The lowest BCUT2D eigenvalue weighted by molar-refractivity contribution is 0.0155. The van der Waals surface area contributed by atoms with E-state index in [1.54, 1.807) is 0 Å². The monoisotopic (exact) mass is 288 g/mol. The van der Waals surface area contributed by atoms with Crippen LogP contribution in [0.2, 0.25) is 0 Å². The number of halogens is 1. The van der Waals surface area contributed by atoms with Crippen molar-refractivity contribution in [1.29, 1.82) is 0 Å². The molecule has 0 aromatic heterocycles. The molecule has 0 saturated carbocycles. The fraction of sp³-hybridized carbons (Fsp3) is 0.462. The van der Waals surface area contributed by atoms with E-state index in [0.717, 1.165) is 0 Å². The summed E-state index contributed by atoms with van der Waals surface area (Å²) >= 11 is 5.53. The maximum absolute atomic E-state index is 11.5. The van der Waals surface area contributed by atoms with Gasteiger partial charge in [-0.3, -0.25) is 0 Å². The first-order valence-corrected chi connectivity index (χ1v) is 6.27. The van der Waals surface area contributed by atoms with Crippen LogP contribution >= 0.6 is 11.6 Å². The molecule has 5 nitrogen and oxygen atoms in total. The van der Waals surface area contributed by atoms with Gasteiger partial charge in [-0.25, -0.2) is 4.79 Å². The van der Waals surface area contributed by atoms with Gasteiger partial charge in [0.1, 0.15) is 11.9 Å². The van der Waals surface area contributed by atoms with Gasteiger partial charge >= 0.3 is 5.97 Å². The van der Waals surface area contributed by atoms with E-state index in [1.165, 1.54) is 32.4 Å². The van der Waals surface area contributed by atoms with Gasteiger partial charge in [-0.1, -0.05) is 0 Å². The molecule has 0 radical (unpaired) electrons. The van der Waals surface area contributed by atoms with Crippen LogP contribution in [0.5, 0.6) is 5.75 Å². The zero-order valence-corrected chi connectivity index (χ0v) is 11.6. The summed E-state index contributed by atoms with van der Waals surface area (Å²) in [4.78, 5) is 11.5. The summed E-state index contributed by atoms with van der Waals surface area (Å²) in [5.74, 6) is 0.0775. The fourth-order valence-corrected chi connectivity index (χ4v) is 1.91. The molecule has 0 spiro atoms. The van der Waals surface area contributed by atoms with E-state index >= 15 is 0 Å². The van der Waals surface area contributed by atoms with Gasteiger partial charge < -0.3 is 19.7 Å². The third kappa shape index (κ3) is 3.83. The second-order valence-corrected chi connectivity index (χ2v) is 4.32. The zero-order valence-electron chi connectivity index (χ0n) is 10.8. The van der Waals surface area contributed by atoms with Crippen LogP contribution in [0.3, 0.4) is 0 Å². The Kier molecular flexibility index (Phi) is 6.08. The molecule has 0 amide bonds. The number of alkyl halides is 1. The summed E-state index contributed by atoms with van der Waals surface area (Å²) in [6.45, 7) is 0. The number of esters is 1. The van der Waals surface area contributed by atoms with E-state index in [2.05, 4.69) is 4.74 Å². The average molecular weight is 289 g/mol. The lowest BCUT2D eigenvalue weighted by atomic mass is 9.99. The number of hydrogen-bond donors (Lipinski definition) is 2. The number of aliphatic hydroxyl groups is 2. The van der Waals surface area contributed by atoms with E-state index in [-0.39, 0.29) is 17.9 Å². The molecule has 2 unspecified atom stereocenters. The number of aliphatic hydroxyl groups excluding tert-OH is 2. The molecule has 2 atom stereocenters. The molecule has 19 heavy (non-hydrogen) atoms. The topological polar surface area (TPSA) is 76.0 Å². The number of methoxy groups -OCH3 is 2. The Morgan fingerprint density at radius 3 is 2.58 bits per heavy atom. The van der Waals surface area contributed by atoms with Gasteiger partial charge in [0.05, 0.1) is 25.9 Å². The third-order valence-corrected chi connectivity index (χ3v) is 2.96. The van der Waals surface area contributed by atoms with Crippen molar-refractivity contribution >= 4 is 17.6 Å². The van der Waals surface area contributed by atoms with Crippen molar-refractivity contribution < 1.29 is 24.5 Å². The van der Waals surface area contributed by atoms with E-state index < -0.39 is 18.2 Å². The normalized spacial score (nSPS) is 13.7. The minimum absolute atomic E-state index is 0.219. The molecule has 6 heteroatoms. The average Bonchev–Trinajstić information content (AvgIpc) is 2.45. The molecular weight excluding hydrogens is 272 g/mol. The van der Waals surface area contributed by atoms with E-state index in [9.17, 15) is 15.0 Å². The van der Waals surface area contributed by atoms with Gasteiger partial charge in [0, 0.05) is 11.4 Å². The van der Waals surface area contributed by atoms with Gasteiger partial charge in [-0.2, -0.15) is 0 Å². The molecule has 1 aromatic rings. The van der Waals surface area contributed by atoms with Crippen molar-refractivity contribution in [2.75, 3.05) is 20.1 Å². The number of carbonyl (C=O) groups excluding carboxylic acids is 1. The highest BCUT2D eigenvalue weighted by Crippen LogP contribution is 2.29. The van der Waals surface area contributed by atoms with Crippen LogP contribution in [0.25, 0.3) is 0 Å². The number of ether oxygens (including phenoxy) is 2. The van der Waals surface area contributed by atoms with E-state index in [4.69, 9.17) is 16.3 Å². The van der Waals surface area contributed by atoms with Crippen LogP contribution in [0, 0.1) is 0 Å². The van der Waals surface area contributed by atoms with Crippen LogP contribution < -0.4 is 4.74 Å². The molecule has 2 N–H and O–H groups in total. The molecule has 0 bridgehead atoms. The highest BCUT2D eigenvalue weighted by Gasteiger charge is 2.23. The molecule has 1 rings (SSSR count). The van der Waals surface area contributed by atoms with Crippen LogP contribution in [0.15, 0.2) is 18.2 Å². The molecular formula is C13H17ClO5. The lowest BCUT2D eigenvalue weighted by Gasteiger charge is -2.20. The highest BCUT2D eigenvalue weighted by atomic mass is 35.5. The summed E-state index contributed by atoms with van der Waals surface area (Å²) in [7, 11) is 2.71. The van der Waals surface area contributed by atoms with Gasteiger partial charge in [-0.15, -0.1) is 11.6 Å². The molecule has 0 heterocycles. The molecule has 0 aliphatic carbocycles. The molecule has 0 fully saturated rings. The Hall–Kier alpha value is -1.30. The maximum Gasteiger partial charge on any atom is 0.337 e. The molecule has 0 saturated heterocycles. The summed E-state index contributed by atoms with van der Waals surface area (Å²) in [5, 5.41) is 19.8. The van der Waals surface area contributed by atoms with Crippen molar-refractivity contribution in [3.8, 4) is 5.75 Å². The van der Waals surface area contributed by atoms with Crippen molar-refractivity contribution in [2.45, 2.75) is 18.6 Å². The zero-order chi connectivity index (χ0) is 14.4. The van der Waals surface area contributed by atoms with Crippen LogP contribution in [0.4, 0.5) is 0 Å². The van der Waals surface area contributed by atoms with Gasteiger partial charge in [-0.05, 0) is 24.6 Å². The summed E-state index contributed by atoms with van der Waals surface area (Å²) in [6, 6.07) is 4.50. The Bertz CT molecular complexity index is 435. The lowest BCUT2D eigenvalue weighted by Crippen LogP contribution is -2.20. The van der Waals surface area contributed by atoms with Crippen LogP contribution in [-0.2, 0) is 4.74 Å². The van der Waals surface area contributed by atoms with Crippen molar-refractivity contribution in [2.24, 2.45) is 0 Å². The smallest absolute Gasteiger partial charge is 0.337 e. The molecule has 1 aromatic carbocycles. The van der Waals surface area contributed by atoms with Crippen molar-refractivity contribution in [3.05, 3.63) is 29.3 Å². The summed E-state index contributed by atoms with van der Waals surface area (Å²) in [6.07, 6.45) is -1.98. The third-order valence-electron chi connectivity index (χ3n) is 2.74. The number of hydrogen-bond acceptors (Lipinski definition) is 5. The van der Waals surface area contributed by atoms with E-state index in [1.807, 2.05) is 0 Å². The second-order valence-electron chi connectivity index (χ2n) is 3.94. The fourth-order valence-electron chi connectivity index (χ4n) is 1.69. The molecule has 0 aliphatic heterocycles. The number of carbonyl (C=O) groups is 1. The highest BCUT2D eigenvalue weighted by molar-refractivity contribution is 6.17. The Morgan fingerprint density at radius 2 is 2.05 bits per heavy atom. The summed E-state index contributed by atoms with van der Waals surface area (Å²) in [5.41, 5.74) is 0.596. The first kappa shape index (κ1) is 15.8. The van der Waals surface area contributed by atoms with Crippen LogP contribution in [0.1, 0.15) is 28.4 Å². The molecule has 106 valence electrons. The predicted octanol–water partition coefficient (Wildman–Crippen LogP) is 1.50. The Balaban J connectivity index is 3.11. The maximum atomic E-state index is 11.5. The predicted molar refractivity (Wildman–Crippen MR) is 70.6 cm³/mol. The minimum atomic E-state index is -1.18. The second kappa shape index (κ2) is 7.33. The first-order chi connectivity index (χ1) is 9.04. The minimum Gasteiger partial charge on any atom is -0.496 e. The Morgan fingerprint density at radius 1 is 1.37 bits per heavy atom. The van der Waals surface area contributed by atoms with Gasteiger partial charge in [0.15, 0.2) is 0 Å². The SMILES string of the molecule is COC(=O)c1ccc(OC)c(C(O)C(O)CCCl)c1. The molecule has 0 aliphatic rings. The van der Waals surface area contributed by atoms with E-state index in [0.29, 0.717) is 11.3 Å². The Labute approximate surface area is 116 Å². The number of rotatable bonds is 6. The van der Waals surface area contributed by atoms with Crippen molar-refractivity contribution in [1.82, 2.24) is 0 Å². The first-order valence-electron chi connectivity index (χ1n) is 5.73.